The fourth-order valence-electron chi connectivity index (χ4n) is 1.22. The summed E-state index contributed by atoms with van der Waals surface area (Å²) in [6.07, 6.45) is 2.42. The molecule has 0 amide bonds. The molecule has 10 heavy (non-hydrogen) atoms. The Hall–Kier alpha value is 0.0200. The molecule has 0 aromatic rings. The predicted molar refractivity (Wildman–Crippen MR) is 45.4 cm³/mol. The van der Waals surface area contributed by atoms with Crippen LogP contribution in [0.1, 0.15) is 33.1 Å². The fraction of sp³-hybridized carbons (Fsp3) is 0.875. The molecule has 0 N–H and O–H groups in total. The second kappa shape index (κ2) is 2.57. The molecule has 1 fully saturated rings. The van der Waals surface area contributed by atoms with Crippen molar-refractivity contribution in [1.82, 2.24) is 0 Å². The largest absolute Gasteiger partial charge is 0.300 e. The molecule has 2 heteroatoms. The number of hydrogen-bond acceptors (Lipinski definition) is 2. The first kappa shape index (κ1) is 8.12. The number of rotatable bonds is 0. The van der Waals surface area contributed by atoms with Crippen LogP contribution in [0.5, 0.6) is 0 Å². The number of carbonyl (C=O) groups excluding carboxylic acids is 1. The summed E-state index contributed by atoms with van der Waals surface area (Å²) in [6.45, 7) is 4.36. The van der Waals surface area contributed by atoms with Gasteiger partial charge in [0.15, 0.2) is 0 Å². The van der Waals surface area contributed by atoms with Gasteiger partial charge in [-0.1, -0.05) is 13.8 Å². The predicted octanol–water partition coefficient (Wildman–Crippen LogP) is 2.06. The van der Waals surface area contributed by atoms with Crippen LogP contribution in [0, 0.1) is 5.41 Å². The lowest BCUT2D eigenvalue weighted by Crippen LogP contribution is -2.32. The Labute approximate surface area is 67.6 Å². The second-order valence-electron chi connectivity index (χ2n) is 3.75. The van der Waals surface area contributed by atoms with E-state index in [-0.39, 0.29) is 10.7 Å². The first-order valence-corrected chi connectivity index (χ1v) is 4.24. The number of hydrogen-bond donors (Lipinski definition) is 1. The van der Waals surface area contributed by atoms with Crippen LogP contribution in [0.2, 0.25) is 0 Å². The molecule has 1 unspecified atom stereocenters. The Bertz CT molecular complexity index is 151. The van der Waals surface area contributed by atoms with Crippen molar-refractivity contribution in [2.75, 3.05) is 0 Å². The maximum absolute atomic E-state index is 10.9. The highest BCUT2D eigenvalue weighted by atomic mass is 32.1. The van der Waals surface area contributed by atoms with E-state index < -0.39 is 0 Å². The van der Waals surface area contributed by atoms with Gasteiger partial charge in [0.05, 0.1) is 0 Å². The topological polar surface area (TPSA) is 17.1 Å². The molecular formula is C8H14OS. The Morgan fingerprint density at radius 1 is 1.60 bits per heavy atom. The molecule has 1 aliphatic rings. The van der Waals surface area contributed by atoms with Gasteiger partial charge in [-0.05, 0) is 11.8 Å². The molecule has 58 valence electrons. The van der Waals surface area contributed by atoms with E-state index in [1.54, 1.807) is 0 Å². The van der Waals surface area contributed by atoms with Crippen LogP contribution in [0.3, 0.4) is 0 Å². The van der Waals surface area contributed by atoms with Gasteiger partial charge in [0, 0.05) is 18.1 Å². The molecule has 0 saturated heterocycles. The van der Waals surface area contributed by atoms with Crippen LogP contribution in [-0.2, 0) is 4.79 Å². The molecule has 0 heterocycles. The van der Waals surface area contributed by atoms with Gasteiger partial charge < -0.3 is 0 Å². The molecule has 1 nitrogen and oxygen atoms in total. The van der Waals surface area contributed by atoms with Gasteiger partial charge in [0.25, 0.3) is 0 Å². The van der Waals surface area contributed by atoms with Crippen molar-refractivity contribution < 1.29 is 4.79 Å². The van der Waals surface area contributed by atoms with Gasteiger partial charge in [-0.15, -0.1) is 0 Å². The second-order valence-corrected chi connectivity index (χ2v) is 4.37. The third kappa shape index (κ3) is 1.54. The smallest absolute Gasteiger partial charge is 0.134 e. The Kier molecular flexibility index (Phi) is 2.09. The molecule has 0 aromatic heterocycles. The minimum atomic E-state index is 0.261. The quantitative estimate of drug-likeness (QED) is 0.534. The van der Waals surface area contributed by atoms with Crippen molar-refractivity contribution in [3.63, 3.8) is 0 Å². The molecule has 1 aliphatic carbocycles. The van der Waals surface area contributed by atoms with Gasteiger partial charge in [-0.3, -0.25) is 4.79 Å². The highest BCUT2D eigenvalue weighted by Crippen LogP contribution is 2.36. The van der Waals surface area contributed by atoms with Gasteiger partial charge in [-0.2, -0.15) is 12.6 Å². The molecule has 1 rings (SSSR count). The van der Waals surface area contributed by atoms with E-state index in [1.807, 2.05) is 0 Å². The molecule has 0 radical (unpaired) electrons. The Morgan fingerprint density at radius 3 is 2.60 bits per heavy atom. The average molecular weight is 158 g/mol. The summed E-state index contributed by atoms with van der Waals surface area (Å²) in [5, 5.41) is 0.272. The zero-order valence-corrected chi connectivity index (χ0v) is 7.45. The molecule has 0 spiro atoms. The van der Waals surface area contributed by atoms with Crippen LogP contribution >= 0.6 is 12.6 Å². The molecular weight excluding hydrogens is 144 g/mol. The maximum atomic E-state index is 10.9. The first-order chi connectivity index (χ1) is 4.52. The van der Waals surface area contributed by atoms with Crippen LogP contribution in [0.15, 0.2) is 0 Å². The third-order valence-corrected chi connectivity index (χ3v) is 3.25. The summed E-state index contributed by atoms with van der Waals surface area (Å²) in [5.74, 6) is 0.374. The first-order valence-electron chi connectivity index (χ1n) is 3.72. The van der Waals surface area contributed by atoms with E-state index >= 15 is 0 Å². The number of ketones is 1. The third-order valence-electron chi connectivity index (χ3n) is 2.37. The zero-order valence-electron chi connectivity index (χ0n) is 6.55. The molecule has 1 saturated carbocycles. The van der Waals surface area contributed by atoms with Crippen molar-refractivity contribution >= 4 is 18.4 Å². The van der Waals surface area contributed by atoms with Gasteiger partial charge >= 0.3 is 0 Å². The molecule has 1 atom stereocenters. The Morgan fingerprint density at radius 2 is 2.20 bits per heavy atom. The highest BCUT2D eigenvalue weighted by Gasteiger charge is 2.32. The summed E-state index contributed by atoms with van der Waals surface area (Å²) >= 11 is 4.38. The summed E-state index contributed by atoms with van der Waals surface area (Å²) in [5.41, 5.74) is 0.261. The van der Waals surface area contributed by atoms with E-state index in [1.165, 1.54) is 0 Å². The van der Waals surface area contributed by atoms with Crippen LogP contribution in [0.4, 0.5) is 0 Å². The lowest BCUT2D eigenvalue weighted by atomic mass is 9.76. The van der Waals surface area contributed by atoms with Gasteiger partial charge in [0.2, 0.25) is 0 Å². The molecule has 0 bridgehead atoms. The van der Waals surface area contributed by atoms with Crippen molar-refractivity contribution in [2.24, 2.45) is 5.41 Å². The van der Waals surface area contributed by atoms with E-state index in [0.717, 1.165) is 12.8 Å². The molecule has 0 aliphatic heterocycles. The highest BCUT2D eigenvalue weighted by molar-refractivity contribution is 7.81. The zero-order chi connectivity index (χ0) is 7.78. The number of carbonyl (C=O) groups is 1. The van der Waals surface area contributed by atoms with Gasteiger partial charge in [0.1, 0.15) is 5.78 Å². The number of thiol groups is 1. The summed E-state index contributed by atoms with van der Waals surface area (Å²) in [4.78, 5) is 10.9. The van der Waals surface area contributed by atoms with Crippen molar-refractivity contribution in [2.45, 2.75) is 38.4 Å². The lowest BCUT2D eigenvalue weighted by Gasteiger charge is -2.34. The van der Waals surface area contributed by atoms with E-state index in [9.17, 15) is 4.79 Å². The van der Waals surface area contributed by atoms with Crippen LogP contribution in [-0.4, -0.2) is 11.0 Å². The summed E-state index contributed by atoms with van der Waals surface area (Å²) in [6, 6.07) is 0. The fourth-order valence-corrected chi connectivity index (χ4v) is 1.55. The standard InChI is InChI=1S/C8H14OS/c1-8(2)4-3-6(9)5-7(8)10/h7,10H,3-5H2,1-2H3. The average Bonchev–Trinajstić information content (AvgIpc) is 1.81. The van der Waals surface area contributed by atoms with Crippen LogP contribution < -0.4 is 0 Å². The summed E-state index contributed by atoms with van der Waals surface area (Å²) < 4.78 is 0. The van der Waals surface area contributed by atoms with Crippen molar-refractivity contribution in [1.29, 1.82) is 0 Å². The SMILES string of the molecule is CC1(C)CCC(=O)CC1S. The normalized spacial score (nSPS) is 32.3. The van der Waals surface area contributed by atoms with E-state index in [2.05, 4.69) is 26.5 Å². The minimum Gasteiger partial charge on any atom is -0.300 e. The monoisotopic (exact) mass is 158 g/mol. The number of Topliss-reactive ketones (excluding diaryl/α,β-unsaturated/α-hetero) is 1. The van der Waals surface area contributed by atoms with Crippen LogP contribution in [0.25, 0.3) is 0 Å². The maximum Gasteiger partial charge on any atom is 0.134 e. The van der Waals surface area contributed by atoms with Crippen molar-refractivity contribution in [3.8, 4) is 0 Å². The van der Waals surface area contributed by atoms with E-state index in [4.69, 9.17) is 0 Å². The van der Waals surface area contributed by atoms with Crippen molar-refractivity contribution in [3.05, 3.63) is 0 Å². The van der Waals surface area contributed by atoms with Gasteiger partial charge in [-0.25, -0.2) is 0 Å². The summed E-state index contributed by atoms with van der Waals surface area (Å²) in [7, 11) is 0. The van der Waals surface area contributed by atoms with E-state index in [0.29, 0.717) is 12.2 Å². The minimum absolute atomic E-state index is 0.261. The lowest BCUT2D eigenvalue weighted by molar-refractivity contribution is -0.121. The molecule has 0 aromatic carbocycles. The Balaban J connectivity index is 2.60.